The van der Waals surface area contributed by atoms with Crippen molar-refractivity contribution < 1.29 is 19.1 Å². The highest BCUT2D eigenvalue weighted by molar-refractivity contribution is 5.96. The Morgan fingerprint density at radius 3 is 2.36 bits per heavy atom. The van der Waals surface area contributed by atoms with E-state index in [4.69, 9.17) is 9.47 Å². The lowest BCUT2D eigenvalue weighted by Gasteiger charge is -2.13. The van der Waals surface area contributed by atoms with Gasteiger partial charge in [-0.2, -0.15) is 0 Å². The van der Waals surface area contributed by atoms with Gasteiger partial charge in [-0.05, 0) is 48.9 Å². The second-order valence-electron chi connectivity index (χ2n) is 5.77. The Morgan fingerprint density at radius 1 is 1.08 bits per heavy atom. The third kappa shape index (κ3) is 4.97. The van der Waals surface area contributed by atoms with Gasteiger partial charge in [-0.1, -0.05) is 6.07 Å². The van der Waals surface area contributed by atoms with Crippen LogP contribution in [0.3, 0.4) is 0 Å². The number of benzene rings is 2. The molecule has 0 bridgehead atoms. The predicted octanol–water partition coefficient (Wildman–Crippen LogP) is 2.87. The second-order valence-corrected chi connectivity index (χ2v) is 5.77. The normalized spacial score (nSPS) is 10.1. The summed E-state index contributed by atoms with van der Waals surface area (Å²) >= 11 is 0. The topological polar surface area (TPSA) is 67.9 Å². The van der Waals surface area contributed by atoms with Crippen molar-refractivity contribution in [3.8, 4) is 5.75 Å². The average Bonchev–Trinajstić information content (AvgIpc) is 2.60. The number of carbonyl (C=O) groups excluding carboxylic acids is 2. The number of nitrogens with zero attached hydrogens (tertiary/aromatic N) is 1. The Bertz CT molecular complexity index is 755. The summed E-state index contributed by atoms with van der Waals surface area (Å²) in [5, 5.41) is 2.69. The predicted molar refractivity (Wildman–Crippen MR) is 97.4 cm³/mol. The van der Waals surface area contributed by atoms with Crippen LogP contribution in [0.15, 0.2) is 42.5 Å². The van der Waals surface area contributed by atoms with Crippen LogP contribution in [0.25, 0.3) is 0 Å². The Balaban J connectivity index is 1.93. The third-order valence-corrected chi connectivity index (χ3v) is 3.58. The molecule has 0 aliphatic carbocycles. The lowest BCUT2D eigenvalue weighted by atomic mass is 10.2. The molecule has 0 fully saturated rings. The summed E-state index contributed by atoms with van der Waals surface area (Å²) in [4.78, 5) is 26.0. The van der Waals surface area contributed by atoms with Gasteiger partial charge in [0.05, 0.1) is 18.4 Å². The van der Waals surface area contributed by atoms with E-state index in [1.165, 1.54) is 7.11 Å². The maximum Gasteiger partial charge on any atom is 0.338 e. The molecule has 2 aromatic carbocycles. The van der Waals surface area contributed by atoms with E-state index in [-0.39, 0.29) is 6.61 Å². The summed E-state index contributed by atoms with van der Waals surface area (Å²) in [5.41, 5.74) is 2.89. The van der Waals surface area contributed by atoms with E-state index in [1.807, 2.05) is 44.1 Å². The molecule has 0 saturated carbocycles. The zero-order valence-electron chi connectivity index (χ0n) is 14.8. The number of hydrogen-bond acceptors (Lipinski definition) is 5. The minimum absolute atomic E-state index is 0.370. The number of carbonyl (C=O) groups is 2. The van der Waals surface area contributed by atoms with Crippen LogP contribution in [0.1, 0.15) is 15.9 Å². The highest BCUT2D eigenvalue weighted by atomic mass is 16.5. The van der Waals surface area contributed by atoms with Crippen molar-refractivity contribution in [2.75, 3.05) is 38.0 Å². The molecule has 2 rings (SSSR count). The second kappa shape index (κ2) is 8.19. The molecule has 25 heavy (non-hydrogen) atoms. The van der Waals surface area contributed by atoms with Crippen LogP contribution in [0.4, 0.5) is 11.4 Å². The van der Waals surface area contributed by atoms with E-state index in [2.05, 4.69) is 5.32 Å². The Kier molecular flexibility index (Phi) is 6.00. The summed E-state index contributed by atoms with van der Waals surface area (Å²) in [6.45, 7) is 1.54. The molecule has 132 valence electrons. The molecule has 0 atom stereocenters. The molecule has 6 nitrogen and oxygen atoms in total. The maximum absolute atomic E-state index is 12.0. The first kappa shape index (κ1) is 18.3. The highest BCUT2D eigenvalue weighted by Gasteiger charge is 2.12. The quantitative estimate of drug-likeness (QED) is 0.818. The SMILES string of the molecule is COc1ccc(C)cc1NC(=O)COC(=O)c1ccc(N(C)C)cc1. The molecule has 0 aromatic heterocycles. The van der Waals surface area contributed by atoms with Gasteiger partial charge < -0.3 is 19.7 Å². The molecular weight excluding hydrogens is 320 g/mol. The van der Waals surface area contributed by atoms with Gasteiger partial charge >= 0.3 is 5.97 Å². The molecule has 0 saturated heterocycles. The minimum Gasteiger partial charge on any atom is -0.495 e. The number of hydrogen-bond donors (Lipinski definition) is 1. The highest BCUT2D eigenvalue weighted by Crippen LogP contribution is 2.25. The van der Waals surface area contributed by atoms with E-state index in [1.54, 1.807) is 24.3 Å². The van der Waals surface area contributed by atoms with Gasteiger partial charge in [0.1, 0.15) is 5.75 Å². The minimum atomic E-state index is -0.545. The summed E-state index contributed by atoms with van der Waals surface area (Å²) in [5.74, 6) is -0.427. The molecule has 0 unspecified atom stereocenters. The van der Waals surface area contributed by atoms with Crippen molar-refractivity contribution in [1.82, 2.24) is 0 Å². The van der Waals surface area contributed by atoms with Crippen LogP contribution >= 0.6 is 0 Å². The van der Waals surface area contributed by atoms with Crippen LogP contribution in [-0.4, -0.2) is 39.7 Å². The summed E-state index contributed by atoms with van der Waals surface area (Å²) in [6.07, 6.45) is 0. The zero-order chi connectivity index (χ0) is 18.4. The van der Waals surface area contributed by atoms with Crippen LogP contribution in [0.5, 0.6) is 5.75 Å². The molecule has 2 aromatic rings. The van der Waals surface area contributed by atoms with Crippen molar-refractivity contribution >= 4 is 23.3 Å². The standard InChI is InChI=1S/C19H22N2O4/c1-13-5-10-17(24-4)16(11-13)20-18(22)12-25-19(23)14-6-8-15(9-7-14)21(2)3/h5-11H,12H2,1-4H3,(H,20,22). The number of anilines is 2. The number of esters is 1. The molecule has 1 N–H and O–H groups in total. The van der Waals surface area contributed by atoms with Gasteiger partial charge in [0.2, 0.25) is 0 Å². The fourth-order valence-corrected chi connectivity index (χ4v) is 2.22. The van der Waals surface area contributed by atoms with E-state index in [0.717, 1.165) is 11.3 Å². The third-order valence-electron chi connectivity index (χ3n) is 3.58. The zero-order valence-corrected chi connectivity index (χ0v) is 14.8. The Labute approximate surface area is 147 Å². The monoisotopic (exact) mass is 342 g/mol. The van der Waals surface area contributed by atoms with Crippen molar-refractivity contribution in [3.63, 3.8) is 0 Å². The molecular formula is C19H22N2O4. The fraction of sp³-hybridized carbons (Fsp3) is 0.263. The molecule has 6 heteroatoms. The maximum atomic E-state index is 12.0. The smallest absolute Gasteiger partial charge is 0.338 e. The average molecular weight is 342 g/mol. The van der Waals surface area contributed by atoms with Crippen molar-refractivity contribution in [1.29, 1.82) is 0 Å². The van der Waals surface area contributed by atoms with Crippen molar-refractivity contribution in [2.24, 2.45) is 0 Å². The lowest BCUT2D eigenvalue weighted by Crippen LogP contribution is -2.21. The number of amides is 1. The van der Waals surface area contributed by atoms with Crippen LogP contribution in [0.2, 0.25) is 0 Å². The van der Waals surface area contributed by atoms with Crippen molar-refractivity contribution in [3.05, 3.63) is 53.6 Å². The molecule has 0 spiro atoms. The number of aryl methyl sites for hydroxylation is 1. The van der Waals surface area contributed by atoms with Gasteiger partial charge in [-0.3, -0.25) is 4.79 Å². The molecule has 0 radical (unpaired) electrons. The number of nitrogens with one attached hydrogen (secondary N) is 1. The van der Waals surface area contributed by atoms with Gasteiger partial charge in [-0.15, -0.1) is 0 Å². The van der Waals surface area contributed by atoms with E-state index in [0.29, 0.717) is 17.0 Å². The van der Waals surface area contributed by atoms with Gasteiger partial charge in [0.25, 0.3) is 5.91 Å². The van der Waals surface area contributed by atoms with Crippen LogP contribution in [0, 0.1) is 6.92 Å². The summed E-state index contributed by atoms with van der Waals surface area (Å²) in [6, 6.07) is 12.4. The first-order valence-corrected chi connectivity index (χ1v) is 7.79. The van der Waals surface area contributed by atoms with Gasteiger partial charge in [-0.25, -0.2) is 4.79 Å². The first-order chi connectivity index (χ1) is 11.9. The largest absolute Gasteiger partial charge is 0.495 e. The Hall–Kier alpha value is -3.02. The van der Waals surface area contributed by atoms with Crippen molar-refractivity contribution in [2.45, 2.75) is 6.92 Å². The molecule has 0 aliphatic heterocycles. The van der Waals surface area contributed by atoms with E-state index < -0.39 is 11.9 Å². The number of rotatable bonds is 6. The van der Waals surface area contributed by atoms with Crippen LogP contribution < -0.4 is 15.0 Å². The van der Waals surface area contributed by atoms with Gasteiger partial charge in [0.15, 0.2) is 6.61 Å². The summed E-state index contributed by atoms with van der Waals surface area (Å²) < 4.78 is 10.3. The van der Waals surface area contributed by atoms with Gasteiger partial charge in [0, 0.05) is 19.8 Å². The van der Waals surface area contributed by atoms with E-state index >= 15 is 0 Å². The number of ether oxygens (including phenoxy) is 2. The molecule has 1 amide bonds. The number of methoxy groups -OCH3 is 1. The fourth-order valence-electron chi connectivity index (χ4n) is 2.22. The van der Waals surface area contributed by atoms with E-state index in [9.17, 15) is 9.59 Å². The molecule has 0 aliphatic rings. The molecule has 0 heterocycles. The van der Waals surface area contributed by atoms with Crippen LogP contribution in [-0.2, 0) is 9.53 Å². The first-order valence-electron chi connectivity index (χ1n) is 7.79. The lowest BCUT2D eigenvalue weighted by molar-refractivity contribution is -0.119. The summed E-state index contributed by atoms with van der Waals surface area (Å²) in [7, 11) is 5.35. The Morgan fingerprint density at radius 2 is 1.76 bits per heavy atom.